The van der Waals surface area contributed by atoms with Crippen molar-refractivity contribution in [2.75, 3.05) is 6.26 Å². The monoisotopic (exact) mass is 357 g/mol. The minimum atomic E-state index is 0.204. The lowest BCUT2D eigenvalue weighted by Gasteiger charge is -2.02. The molecular formula is C18H19N3OS2. The first-order chi connectivity index (χ1) is 11.7. The average molecular weight is 358 g/mol. The van der Waals surface area contributed by atoms with E-state index in [0.717, 1.165) is 21.8 Å². The Labute approximate surface area is 149 Å². The second-order valence-corrected chi connectivity index (χ2v) is 7.15. The van der Waals surface area contributed by atoms with E-state index >= 15 is 0 Å². The van der Waals surface area contributed by atoms with Crippen LogP contribution >= 0.6 is 23.1 Å². The summed E-state index contributed by atoms with van der Waals surface area (Å²) >= 11 is 3.29. The van der Waals surface area contributed by atoms with E-state index in [4.69, 9.17) is 4.42 Å². The zero-order valence-corrected chi connectivity index (χ0v) is 15.5. The zero-order valence-electron chi connectivity index (χ0n) is 13.8. The Morgan fingerprint density at radius 1 is 1.21 bits per heavy atom. The maximum atomic E-state index is 5.53. The van der Waals surface area contributed by atoms with Gasteiger partial charge in [-0.05, 0) is 49.9 Å². The molecule has 0 spiro atoms. The number of thiazole rings is 1. The molecule has 0 saturated carbocycles. The molecule has 2 heterocycles. The number of thioether (sulfide) groups is 1. The number of nitrogens with zero attached hydrogens (tertiary/aromatic N) is 3. The van der Waals surface area contributed by atoms with Gasteiger partial charge in [-0.25, -0.2) is 4.68 Å². The maximum absolute atomic E-state index is 5.53. The molecule has 0 aliphatic rings. The van der Waals surface area contributed by atoms with E-state index in [-0.39, 0.29) is 6.04 Å². The van der Waals surface area contributed by atoms with Crippen molar-refractivity contribution in [1.82, 2.24) is 4.68 Å². The van der Waals surface area contributed by atoms with Crippen molar-refractivity contribution in [3.63, 3.8) is 0 Å². The summed E-state index contributed by atoms with van der Waals surface area (Å²) in [4.78, 5) is 6.75. The number of hydrogen-bond acceptors (Lipinski definition) is 5. The van der Waals surface area contributed by atoms with Crippen LogP contribution in [0.3, 0.4) is 0 Å². The molecule has 0 radical (unpaired) electrons. The topological polar surface area (TPSA) is 42.8 Å². The van der Waals surface area contributed by atoms with Gasteiger partial charge in [0, 0.05) is 16.3 Å². The summed E-state index contributed by atoms with van der Waals surface area (Å²) in [6.07, 6.45) is 5.59. The van der Waals surface area contributed by atoms with Gasteiger partial charge in [-0.2, -0.15) is 5.10 Å². The smallest absolute Gasteiger partial charge is 0.206 e. The Kier molecular flexibility index (Phi) is 5.37. The van der Waals surface area contributed by atoms with E-state index in [1.807, 2.05) is 28.4 Å². The third-order valence-electron chi connectivity index (χ3n) is 3.27. The van der Waals surface area contributed by atoms with Crippen LogP contribution in [0.1, 0.15) is 19.4 Å². The SMILES string of the molecule is CSc1ccc(C=Nn2c(-c3ccco3)csc2=NC(C)C)cc1. The lowest BCUT2D eigenvalue weighted by molar-refractivity contribution is 0.575. The first-order valence-corrected chi connectivity index (χ1v) is 9.74. The fourth-order valence-corrected chi connectivity index (χ4v) is 3.49. The molecule has 0 saturated heterocycles. The molecule has 0 amide bonds. The van der Waals surface area contributed by atoms with E-state index in [2.05, 4.69) is 54.5 Å². The Bertz CT molecular complexity index is 872. The number of hydrogen-bond donors (Lipinski definition) is 0. The summed E-state index contributed by atoms with van der Waals surface area (Å²) in [6.45, 7) is 4.11. The van der Waals surface area contributed by atoms with Crippen molar-refractivity contribution < 1.29 is 4.42 Å². The average Bonchev–Trinajstić information content (AvgIpc) is 3.22. The van der Waals surface area contributed by atoms with Crippen molar-refractivity contribution in [3.05, 3.63) is 58.4 Å². The Balaban J connectivity index is 2.01. The molecule has 0 unspecified atom stereocenters. The van der Waals surface area contributed by atoms with Gasteiger partial charge in [0.25, 0.3) is 0 Å². The lowest BCUT2D eigenvalue weighted by Crippen LogP contribution is -2.14. The van der Waals surface area contributed by atoms with Crippen LogP contribution in [0.4, 0.5) is 0 Å². The predicted octanol–water partition coefficient (Wildman–Crippen LogP) is 4.72. The molecule has 3 rings (SSSR count). The molecule has 124 valence electrons. The first-order valence-electron chi connectivity index (χ1n) is 7.64. The van der Waals surface area contributed by atoms with E-state index in [9.17, 15) is 0 Å². The Morgan fingerprint density at radius 3 is 2.62 bits per heavy atom. The molecule has 6 heteroatoms. The predicted molar refractivity (Wildman–Crippen MR) is 102 cm³/mol. The zero-order chi connectivity index (χ0) is 16.9. The molecule has 0 atom stereocenters. The molecule has 1 aromatic carbocycles. The van der Waals surface area contributed by atoms with Crippen LogP contribution in [0.25, 0.3) is 11.5 Å². The molecular weight excluding hydrogens is 338 g/mol. The van der Waals surface area contributed by atoms with Gasteiger partial charge >= 0.3 is 0 Å². The van der Waals surface area contributed by atoms with Gasteiger partial charge in [-0.1, -0.05) is 12.1 Å². The number of furan rings is 1. The van der Waals surface area contributed by atoms with Crippen LogP contribution in [0, 0.1) is 0 Å². The molecule has 0 aliphatic heterocycles. The summed E-state index contributed by atoms with van der Waals surface area (Å²) in [7, 11) is 0. The minimum Gasteiger partial charge on any atom is -0.463 e. The van der Waals surface area contributed by atoms with E-state index < -0.39 is 0 Å². The molecule has 0 N–H and O–H groups in total. The summed E-state index contributed by atoms with van der Waals surface area (Å²) < 4.78 is 7.37. The van der Waals surface area contributed by atoms with Crippen LogP contribution in [-0.2, 0) is 0 Å². The molecule has 4 nitrogen and oxygen atoms in total. The van der Waals surface area contributed by atoms with Gasteiger partial charge in [0.2, 0.25) is 4.80 Å². The van der Waals surface area contributed by atoms with Crippen LogP contribution in [0.15, 0.2) is 67.4 Å². The highest BCUT2D eigenvalue weighted by Crippen LogP contribution is 2.20. The summed E-state index contributed by atoms with van der Waals surface area (Å²) in [5, 5.41) is 6.66. The second-order valence-electron chi connectivity index (χ2n) is 5.43. The molecule has 3 aromatic rings. The van der Waals surface area contributed by atoms with Crippen LogP contribution in [-0.4, -0.2) is 23.2 Å². The fourth-order valence-electron chi connectivity index (χ4n) is 2.13. The van der Waals surface area contributed by atoms with E-state index in [1.54, 1.807) is 29.4 Å². The molecule has 24 heavy (non-hydrogen) atoms. The van der Waals surface area contributed by atoms with Crippen molar-refractivity contribution in [1.29, 1.82) is 0 Å². The van der Waals surface area contributed by atoms with Crippen LogP contribution < -0.4 is 4.80 Å². The number of aromatic nitrogens is 1. The van der Waals surface area contributed by atoms with Gasteiger partial charge in [0.05, 0.1) is 12.5 Å². The second kappa shape index (κ2) is 7.68. The minimum absolute atomic E-state index is 0.204. The first kappa shape index (κ1) is 16.8. The van der Waals surface area contributed by atoms with Crippen molar-refractivity contribution in [3.8, 4) is 11.5 Å². The van der Waals surface area contributed by atoms with Gasteiger partial charge in [0.15, 0.2) is 5.76 Å². The highest BCUT2D eigenvalue weighted by molar-refractivity contribution is 7.98. The van der Waals surface area contributed by atoms with Crippen LogP contribution in [0.5, 0.6) is 0 Å². The molecule has 0 bridgehead atoms. The van der Waals surface area contributed by atoms with Gasteiger partial charge < -0.3 is 4.42 Å². The van der Waals surface area contributed by atoms with Gasteiger partial charge in [-0.15, -0.1) is 23.1 Å². The van der Waals surface area contributed by atoms with Gasteiger partial charge in [0.1, 0.15) is 5.69 Å². The van der Waals surface area contributed by atoms with E-state index in [0.29, 0.717) is 0 Å². The number of benzene rings is 1. The maximum Gasteiger partial charge on any atom is 0.206 e. The standard InChI is InChI=1S/C18H19N3OS2/c1-13(2)20-18-21(16(12-24-18)17-5-4-10-22-17)19-11-14-6-8-15(23-3)9-7-14/h4-13H,1-3H3. The van der Waals surface area contributed by atoms with Crippen molar-refractivity contribution in [2.45, 2.75) is 24.8 Å². The Hall–Kier alpha value is -2.05. The lowest BCUT2D eigenvalue weighted by atomic mass is 10.2. The quantitative estimate of drug-likeness (QED) is 0.490. The van der Waals surface area contributed by atoms with Gasteiger partial charge in [-0.3, -0.25) is 4.99 Å². The van der Waals surface area contributed by atoms with Crippen molar-refractivity contribution >= 4 is 29.3 Å². The fraction of sp³-hybridized carbons (Fsp3) is 0.222. The highest BCUT2D eigenvalue weighted by Gasteiger charge is 2.10. The van der Waals surface area contributed by atoms with E-state index in [1.165, 1.54) is 4.90 Å². The summed E-state index contributed by atoms with van der Waals surface area (Å²) in [5.74, 6) is 0.784. The summed E-state index contributed by atoms with van der Waals surface area (Å²) in [5.41, 5.74) is 1.95. The third kappa shape index (κ3) is 3.88. The Morgan fingerprint density at radius 2 is 2.00 bits per heavy atom. The molecule has 2 aromatic heterocycles. The summed E-state index contributed by atoms with van der Waals surface area (Å²) in [6, 6.07) is 12.3. The molecule has 0 fully saturated rings. The third-order valence-corrected chi connectivity index (χ3v) is 4.84. The molecule has 0 aliphatic carbocycles. The normalized spacial score (nSPS) is 12.6. The van der Waals surface area contributed by atoms with Crippen molar-refractivity contribution in [2.24, 2.45) is 10.1 Å². The highest BCUT2D eigenvalue weighted by atomic mass is 32.2. The largest absolute Gasteiger partial charge is 0.463 e. The van der Waals surface area contributed by atoms with Crippen LogP contribution in [0.2, 0.25) is 0 Å². The number of rotatable bonds is 5.